The van der Waals surface area contributed by atoms with Crippen molar-refractivity contribution in [3.63, 3.8) is 0 Å². The Balaban J connectivity index is 1.53. The average Bonchev–Trinajstić information content (AvgIpc) is 3.85. The van der Waals surface area contributed by atoms with E-state index in [1.165, 1.54) is 45.2 Å². The predicted octanol–water partition coefficient (Wildman–Crippen LogP) is 10.8. The van der Waals surface area contributed by atoms with Gasteiger partial charge in [-0.15, -0.1) is 34.0 Å². The van der Waals surface area contributed by atoms with Crippen LogP contribution in [0.4, 0.5) is 0 Å². The van der Waals surface area contributed by atoms with Crippen LogP contribution in [0, 0.1) is 0 Å². The van der Waals surface area contributed by atoms with E-state index >= 15 is 0 Å². The quantitative estimate of drug-likeness (QED) is 0.167. The van der Waals surface area contributed by atoms with E-state index in [4.69, 9.17) is 0 Å². The molecule has 0 spiro atoms. The molecule has 44 heavy (non-hydrogen) atoms. The van der Waals surface area contributed by atoms with Gasteiger partial charge in [-0.3, -0.25) is 9.59 Å². The predicted molar refractivity (Wildman–Crippen MR) is 190 cm³/mol. The number of nitrogens with one attached hydrogen (secondary N) is 1. The van der Waals surface area contributed by atoms with E-state index in [0.717, 1.165) is 47.6 Å². The molecule has 7 heteroatoms. The van der Waals surface area contributed by atoms with E-state index in [1.807, 2.05) is 16.2 Å². The van der Waals surface area contributed by atoms with Crippen LogP contribution < -0.4 is 5.32 Å². The highest BCUT2D eigenvalue weighted by atomic mass is 32.1. The highest BCUT2D eigenvalue weighted by Gasteiger charge is 2.46. The number of fused-ring (bicyclic) bond motifs is 1. The first-order valence-corrected chi connectivity index (χ1v) is 19.0. The molecule has 3 aromatic heterocycles. The minimum Gasteiger partial charge on any atom is -0.320 e. The van der Waals surface area contributed by atoms with Crippen molar-refractivity contribution in [3.05, 3.63) is 67.1 Å². The van der Waals surface area contributed by atoms with Crippen molar-refractivity contribution in [1.82, 2.24) is 10.2 Å². The Labute approximate surface area is 276 Å². The molecule has 0 saturated heterocycles. The standard InChI is InChI=1S/C37H48N2O2S3/c1-8-12-13-14-15-16-23-39-33(27-18-17-24(42-27)25-19-22-29(43-25)37(7,10-3)11-4)31-30(35(39)41)32(38-34(31)40)26-20-21-28(44-26)36(5,6)9-2/h17-22H,8-16,23H2,1-7H3,(H,38,40). The summed E-state index contributed by atoms with van der Waals surface area (Å²) in [6, 6.07) is 13.0. The number of amides is 2. The van der Waals surface area contributed by atoms with Crippen LogP contribution in [0.15, 0.2) is 47.5 Å². The summed E-state index contributed by atoms with van der Waals surface area (Å²) in [6.07, 6.45) is 10.2. The molecule has 4 nitrogen and oxygen atoms in total. The molecule has 0 aromatic carbocycles. The third kappa shape index (κ3) is 6.17. The minimum absolute atomic E-state index is 0.0448. The molecule has 0 unspecified atom stereocenters. The Morgan fingerprint density at radius 1 is 0.659 bits per heavy atom. The van der Waals surface area contributed by atoms with Gasteiger partial charge >= 0.3 is 0 Å². The van der Waals surface area contributed by atoms with Gasteiger partial charge in [0.15, 0.2) is 0 Å². The van der Waals surface area contributed by atoms with Crippen LogP contribution in [0.3, 0.4) is 0 Å². The maximum absolute atomic E-state index is 14.2. The fourth-order valence-corrected chi connectivity index (χ4v) is 9.63. The summed E-state index contributed by atoms with van der Waals surface area (Å²) in [5.74, 6) is -0.208. The summed E-state index contributed by atoms with van der Waals surface area (Å²) in [5, 5.41) is 3.12. The minimum atomic E-state index is -0.163. The maximum atomic E-state index is 14.2. The number of rotatable bonds is 15. The van der Waals surface area contributed by atoms with Crippen molar-refractivity contribution in [3.8, 4) is 9.75 Å². The fourth-order valence-electron chi connectivity index (χ4n) is 5.99. The summed E-state index contributed by atoms with van der Waals surface area (Å²) in [4.78, 5) is 36.9. The van der Waals surface area contributed by atoms with Gasteiger partial charge < -0.3 is 10.2 Å². The zero-order valence-corrected chi connectivity index (χ0v) is 30.0. The van der Waals surface area contributed by atoms with Gasteiger partial charge in [-0.1, -0.05) is 80.6 Å². The lowest BCUT2D eigenvalue weighted by Crippen LogP contribution is -2.28. The second-order valence-corrected chi connectivity index (χ2v) is 16.4. The van der Waals surface area contributed by atoms with Gasteiger partial charge in [0.1, 0.15) is 0 Å². The van der Waals surface area contributed by atoms with Gasteiger partial charge in [-0.2, -0.15) is 0 Å². The molecule has 3 aromatic rings. The van der Waals surface area contributed by atoms with Gasteiger partial charge in [0.25, 0.3) is 11.8 Å². The number of hydrogen-bond donors (Lipinski definition) is 1. The zero-order chi connectivity index (χ0) is 31.6. The molecule has 0 fully saturated rings. The number of thiophene rings is 3. The van der Waals surface area contributed by atoms with Crippen LogP contribution in [0.1, 0.15) is 126 Å². The van der Waals surface area contributed by atoms with E-state index < -0.39 is 0 Å². The fraction of sp³-hybridized carbons (Fsp3) is 0.514. The van der Waals surface area contributed by atoms with Gasteiger partial charge in [-0.25, -0.2) is 0 Å². The second kappa shape index (κ2) is 13.5. The SMILES string of the molecule is CCCCCCCCN1C(=O)C2=C(c3ccc(C(C)(C)CC)s3)NC(=O)C2=C1c1ccc(-c2ccc(C(C)(CC)CC)s2)s1. The molecule has 0 bridgehead atoms. The number of carbonyl (C=O) groups excluding carboxylic acids is 2. The van der Waals surface area contributed by atoms with Crippen LogP contribution >= 0.6 is 34.0 Å². The van der Waals surface area contributed by atoms with Crippen molar-refractivity contribution in [2.75, 3.05) is 6.54 Å². The highest BCUT2D eigenvalue weighted by Crippen LogP contribution is 2.48. The summed E-state index contributed by atoms with van der Waals surface area (Å²) < 4.78 is 0. The van der Waals surface area contributed by atoms with Gasteiger partial charge in [0.2, 0.25) is 0 Å². The Kier molecular flexibility index (Phi) is 10.1. The smallest absolute Gasteiger partial charge is 0.261 e. The van der Waals surface area contributed by atoms with Crippen LogP contribution in [0.25, 0.3) is 21.1 Å². The largest absolute Gasteiger partial charge is 0.320 e. The number of nitrogens with zero attached hydrogens (tertiary/aromatic N) is 1. The Bertz CT molecular complexity index is 1580. The Morgan fingerprint density at radius 3 is 1.95 bits per heavy atom. The van der Waals surface area contributed by atoms with E-state index in [9.17, 15) is 9.59 Å². The molecule has 0 aliphatic carbocycles. The monoisotopic (exact) mass is 648 g/mol. The molecule has 0 saturated carbocycles. The van der Waals surface area contributed by atoms with Crippen LogP contribution in [-0.2, 0) is 20.4 Å². The molecular formula is C37H48N2O2S3. The molecule has 0 atom stereocenters. The van der Waals surface area contributed by atoms with Crippen molar-refractivity contribution >= 4 is 57.2 Å². The lowest BCUT2D eigenvalue weighted by Gasteiger charge is -2.25. The van der Waals surface area contributed by atoms with Crippen LogP contribution in [0.5, 0.6) is 0 Å². The normalized spacial score (nSPS) is 15.7. The molecule has 1 N–H and O–H groups in total. The molecule has 5 heterocycles. The maximum Gasteiger partial charge on any atom is 0.261 e. The molecule has 236 valence electrons. The number of unbranched alkanes of at least 4 members (excludes halogenated alkanes) is 5. The summed E-state index contributed by atoms with van der Waals surface area (Å²) in [5.41, 5.74) is 2.80. The Morgan fingerprint density at radius 2 is 1.25 bits per heavy atom. The van der Waals surface area contributed by atoms with Crippen LogP contribution in [-0.4, -0.2) is 23.3 Å². The first kappa shape index (κ1) is 32.9. The van der Waals surface area contributed by atoms with Gasteiger partial charge in [0.05, 0.1) is 32.3 Å². The van der Waals surface area contributed by atoms with Crippen molar-refractivity contribution in [2.45, 2.75) is 117 Å². The number of hydrogen-bond acceptors (Lipinski definition) is 5. The average molecular weight is 649 g/mol. The summed E-state index contributed by atoms with van der Waals surface area (Å²) in [7, 11) is 0. The second-order valence-electron chi connectivity index (χ2n) is 13.1. The highest BCUT2D eigenvalue weighted by molar-refractivity contribution is 7.22. The number of carbonyl (C=O) groups is 2. The third-order valence-corrected chi connectivity index (χ3v) is 14.1. The first-order valence-electron chi connectivity index (χ1n) is 16.5. The third-order valence-electron chi connectivity index (χ3n) is 9.91. The van der Waals surface area contributed by atoms with Crippen molar-refractivity contribution in [1.29, 1.82) is 0 Å². The van der Waals surface area contributed by atoms with Crippen molar-refractivity contribution in [2.24, 2.45) is 0 Å². The van der Waals surface area contributed by atoms with Gasteiger partial charge in [-0.05, 0) is 67.5 Å². The van der Waals surface area contributed by atoms with Gasteiger partial charge in [0, 0.05) is 31.5 Å². The van der Waals surface area contributed by atoms with Crippen LogP contribution in [0.2, 0.25) is 0 Å². The lowest BCUT2D eigenvalue weighted by molar-refractivity contribution is -0.123. The van der Waals surface area contributed by atoms with Crippen molar-refractivity contribution < 1.29 is 9.59 Å². The van der Waals surface area contributed by atoms with E-state index in [1.54, 1.807) is 22.7 Å². The molecule has 0 radical (unpaired) electrons. The molecule has 2 aliphatic heterocycles. The summed E-state index contributed by atoms with van der Waals surface area (Å²) in [6.45, 7) is 16.4. The zero-order valence-electron chi connectivity index (χ0n) is 27.5. The van der Waals surface area contributed by atoms with E-state index in [2.05, 4.69) is 90.2 Å². The van der Waals surface area contributed by atoms with E-state index in [-0.39, 0.29) is 22.6 Å². The molecule has 5 rings (SSSR count). The Hall–Kier alpha value is -2.48. The molecular weight excluding hydrogens is 601 g/mol. The van der Waals surface area contributed by atoms with E-state index in [0.29, 0.717) is 23.4 Å². The summed E-state index contributed by atoms with van der Waals surface area (Å²) >= 11 is 5.26. The molecule has 2 aliphatic rings. The molecule has 2 amide bonds. The topological polar surface area (TPSA) is 49.4 Å². The lowest BCUT2D eigenvalue weighted by atomic mass is 9.83. The first-order chi connectivity index (χ1) is 21.1.